The molecule has 0 unspecified atom stereocenters. The summed E-state index contributed by atoms with van der Waals surface area (Å²) in [7, 11) is 1.50. The lowest BCUT2D eigenvalue weighted by Crippen LogP contribution is -1.69. The molecule has 0 saturated carbocycles. The van der Waals surface area contributed by atoms with E-state index in [1.807, 2.05) is 20.8 Å². The molecule has 2 nitrogen and oxygen atoms in total. The van der Waals surface area contributed by atoms with Crippen molar-refractivity contribution < 1.29 is 4.79 Å². The van der Waals surface area contributed by atoms with E-state index in [0.717, 1.165) is 12.7 Å². The van der Waals surface area contributed by atoms with E-state index in [4.69, 9.17) is 0 Å². The number of unbranched alkanes of at least 4 members (excludes halogenated alkanes) is 1. The Morgan fingerprint density at radius 2 is 1.67 bits per heavy atom. The number of carbonyl (C=O) groups is 1. The van der Waals surface area contributed by atoms with Gasteiger partial charge in [0, 0.05) is 6.42 Å². The number of carbonyl (C=O) groups excluding carboxylic acids is 1. The Morgan fingerprint density at radius 1 is 1.33 bits per heavy atom. The summed E-state index contributed by atoms with van der Waals surface area (Å²) in [4.78, 5) is 9.40. The van der Waals surface area contributed by atoms with Crippen LogP contribution in [0.1, 0.15) is 33.6 Å². The van der Waals surface area contributed by atoms with E-state index in [9.17, 15) is 4.79 Å². The van der Waals surface area contributed by atoms with Crippen molar-refractivity contribution in [3.8, 4) is 0 Å². The molecule has 0 aromatic heterocycles. The Hall–Kier alpha value is -0.370. The zero-order valence-corrected chi connectivity index (χ0v) is 6.98. The van der Waals surface area contributed by atoms with Crippen molar-refractivity contribution in [3.63, 3.8) is 0 Å². The van der Waals surface area contributed by atoms with Gasteiger partial charge in [-0.3, -0.25) is 0 Å². The van der Waals surface area contributed by atoms with Gasteiger partial charge in [0.1, 0.15) is 6.29 Å². The maximum Gasteiger partial charge on any atom is 0.119 e. The van der Waals surface area contributed by atoms with Crippen molar-refractivity contribution in [2.45, 2.75) is 33.6 Å². The third kappa shape index (κ3) is 91.0. The molecule has 0 radical (unpaired) electrons. The maximum atomic E-state index is 9.40. The monoisotopic (exact) mass is 133 g/mol. The van der Waals surface area contributed by atoms with Gasteiger partial charge in [0.15, 0.2) is 0 Å². The van der Waals surface area contributed by atoms with Gasteiger partial charge in [0.25, 0.3) is 0 Å². The van der Waals surface area contributed by atoms with Gasteiger partial charge in [0.2, 0.25) is 0 Å². The molecule has 0 amide bonds. The van der Waals surface area contributed by atoms with Crippen molar-refractivity contribution in [2.75, 3.05) is 7.05 Å². The first kappa shape index (κ1) is 15.9. The molecule has 0 aliphatic heterocycles. The highest BCUT2D eigenvalue weighted by Crippen LogP contribution is 1.74. The molecule has 2 N–H and O–H groups in total. The van der Waals surface area contributed by atoms with E-state index < -0.39 is 0 Å². The fraction of sp³-hybridized carbons (Fsp3) is 0.857. The molecule has 0 fully saturated rings. The molecule has 0 heterocycles. The van der Waals surface area contributed by atoms with Gasteiger partial charge >= 0.3 is 0 Å². The minimum absolute atomic E-state index is 0.708. The van der Waals surface area contributed by atoms with Crippen LogP contribution in [0.25, 0.3) is 0 Å². The Labute approximate surface area is 58.4 Å². The first-order valence-corrected chi connectivity index (χ1v) is 3.43. The minimum Gasteiger partial charge on any atom is -0.333 e. The second kappa shape index (κ2) is 48.5. The van der Waals surface area contributed by atoms with Crippen LogP contribution in [0.4, 0.5) is 0 Å². The van der Waals surface area contributed by atoms with E-state index in [-0.39, 0.29) is 0 Å². The molecule has 0 saturated heterocycles. The SMILES string of the molecule is CC.CCCC=O.CN. The predicted octanol–water partition coefficient (Wildman–Crippen LogP) is 1.59. The molecule has 9 heavy (non-hydrogen) atoms. The summed E-state index contributed by atoms with van der Waals surface area (Å²) < 4.78 is 0. The number of hydrogen-bond donors (Lipinski definition) is 1. The standard InChI is InChI=1S/C4H8O.C2H6.CH5N/c1-2-3-4-5;2*1-2/h4H,2-3H2,1H3;1-2H3;2H2,1H3. The van der Waals surface area contributed by atoms with Crippen molar-refractivity contribution in [1.29, 1.82) is 0 Å². The smallest absolute Gasteiger partial charge is 0.119 e. The summed E-state index contributed by atoms with van der Waals surface area (Å²) >= 11 is 0. The molecule has 0 aromatic rings. The number of nitrogens with two attached hydrogens (primary N) is 1. The van der Waals surface area contributed by atoms with E-state index >= 15 is 0 Å². The van der Waals surface area contributed by atoms with Gasteiger partial charge in [-0.1, -0.05) is 20.8 Å². The molecule has 0 aliphatic rings. The summed E-state index contributed by atoms with van der Waals surface area (Å²) in [5.74, 6) is 0. The second-order valence-corrected chi connectivity index (χ2v) is 0.955. The van der Waals surface area contributed by atoms with Crippen molar-refractivity contribution >= 4 is 6.29 Å². The third-order valence-electron chi connectivity index (χ3n) is 0.407. The van der Waals surface area contributed by atoms with Crippen LogP contribution in [0.3, 0.4) is 0 Å². The largest absolute Gasteiger partial charge is 0.333 e. The average Bonchev–Trinajstić information content (AvgIpc) is 1.98. The van der Waals surface area contributed by atoms with Crippen LogP contribution in [-0.2, 0) is 4.79 Å². The molecule has 0 aliphatic carbocycles. The molecule has 0 rings (SSSR count). The zero-order valence-electron chi connectivity index (χ0n) is 6.98. The average molecular weight is 133 g/mol. The maximum absolute atomic E-state index is 9.40. The number of aldehydes is 1. The second-order valence-electron chi connectivity index (χ2n) is 0.955. The van der Waals surface area contributed by atoms with Crippen molar-refractivity contribution in [1.82, 2.24) is 0 Å². The third-order valence-corrected chi connectivity index (χ3v) is 0.407. The molecule has 0 aromatic carbocycles. The highest BCUT2D eigenvalue weighted by Gasteiger charge is 1.66. The molecule has 0 bridgehead atoms. The van der Waals surface area contributed by atoms with Gasteiger partial charge in [-0.05, 0) is 13.5 Å². The molecule has 2 heteroatoms. The van der Waals surface area contributed by atoms with Gasteiger partial charge in [-0.15, -0.1) is 0 Å². The molecular formula is C7H19NO. The van der Waals surface area contributed by atoms with E-state index in [0.29, 0.717) is 6.42 Å². The summed E-state index contributed by atoms with van der Waals surface area (Å²) in [6.45, 7) is 5.98. The summed E-state index contributed by atoms with van der Waals surface area (Å²) in [6.07, 6.45) is 2.61. The highest BCUT2D eigenvalue weighted by molar-refractivity contribution is 5.48. The molecule has 58 valence electrons. The summed E-state index contributed by atoms with van der Waals surface area (Å²) in [5.41, 5.74) is 4.50. The first-order chi connectivity index (χ1) is 4.41. The van der Waals surface area contributed by atoms with Crippen molar-refractivity contribution in [2.24, 2.45) is 5.73 Å². The zero-order chi connectivity index (χ0) is 8.12. The van der Waals surface area contributed by atoms with Crippen LogP contribution in [0.2, 0.25) is 0 Å². The number of hydrogen-bond acceptors (Lipinski definition) is 2. The van der Waals surface area contributed by atoms with Crippen molar-refractivity contribution in [3.05, 3.63) is 0 Å². The molecular weight excluding hydrogens is 114 g/mol. The quantitative estimate of drug-likeness (QED) is 0.581. The van der Waals surface area contributed by atoms with Gasteiger partial charge in [0.05, 0.1) is 0 Å². The number of rotatable bonds is 2. The predicted molar refractivity (Wildman–Crippen MR) is 42.4 cm³/mol. The van der Waals surface area contributed by atoms with Crippen LogP contribution in [0, 0.1) is 0 Å². The van der Waals surface area contributed by atoms with Crippen LogP contribution >= 0.6 is 0 Å². The highest BCUT2D eigenvalue weighted by atomic mass is 16.1. The Kier molecular flexibility index (Phi) is 85.4. The summed E-state index contributed by atoms with van der Waals surface area (Å²) in [5, 5.41) is 0. The lowest BCUT2D eigenvalue weighted by Gasteiger charge is -1.68. The van der Waals surface area contributed by atoms with E-state index in [1.54, 1.807) is 0 Å². The molecule has 0 spiro atoms. The topological polar surface area (TPSA) is 43.1 Å². The normalized spacial score (nSPS) is 5.44. The van der Waals surface area contributed by atoms with Gasteiger partial charge in [-0.25, -0.2) is 0 Å². The molecule has 0 atom stereocenters. The van der Waals surface area contributed by atoms with Crippen LogP contribution in [0.15, 0.2) is 0 Å². The lowest BCUT2D eigenvalue weighted by molar-refractivity contribution is -0.107. The van der Waals surface area contributed by atoms with E-state index in [2.05, 4.69) is 5.73 Å². The Balaban J connectivity index is -0.0000000771. The Bertz CT molecular complexity index is 30.1. The summed E-state index contributed by atoms with van der Waals surface area (Å²) in [6, 6.07) is 0. The van der Waals surface area contributed by atoms with Crippen LogP contribution in [-0.4, -0.2) is 13.3 Å². The fourth-order valence-electron chi connectivity index (χ4n) is 0.118. The van der Waals surface area contributed by atoms with Crippen LogP contribution in [0.5, 0.6) is 0 Å². The first-order valence-electron chi connectivity index (χ1n) is 3.43. The van der Waals surface area contributed by atoms with Gasteiger partial charge in [-0.2, -0.15) is 0 Å². The lowest BCUT2D eigenvalue weighted by atomic mass is 10.4. The van der Waals surface area contributed by atoms with Gasteiger partial charge < -0.3 is 10.5 Å². The van der Waals surface area contributed by atoms with E-state index in [1.165, 1.54) is 7.05 Å². The Morgan fingerprint density at radius 3 is 1.67 bits per heavy atom. The minimum atomic E-state index is 0.708. The fourth-order valence-corrected chi connectivity index (χ4v) is 0.118. The van der Waals surface area contributed by atoms with Crippen LogP contribution < -0.4 is 5.73 Å².